The van der Waals surface area contributed by atoms with E-state index in [-0.39, 0.29) is 21.7 Å². The van der Waals surface area contributed by atoms with Crippen LogP contribution in [0.15, 0.2) is 30.3 Å². The first-order chi connectivity index (χ1) is 12.3. The van der Waals surface area contributed by atoms with Crippen LogP contribution in [0.3, 0.4) is 0 Å². The molecule has 0 heterocycles. The van der Waals surface area contributed by atoms with Gasteiger partial charge in [0.1, 0.15) is 0 Å². The Kier molecular flexibility index (Phi) is 3.67. The van der Waals surface area contributed by atoms with Crippen molar-refractivity contribution in [2.45, 2.75) is 96.8 Å². The molecule has 0 aromatic heterocycles. The number of rotatable bonds is 0. The van der Waals surface area contributed by atoms with Crippen LogP contribution in [0, 0.1) is 0 Å². The largest absolute Gasteiger partial charge is 0.0616 e. The van der Waals surface area contributed by atoms with E-state index < -0.39 is 0 Å². The van der Waals surface area contributed by atoms with E-state index in [0.29, 0.717) is 0 Å². The zero-order valence-corrected chi connectivity index (χ0v) is 18.8. The van der Waals surface area contributed by atoms with E-state index >= 15 is 0 Å². The molecule has 0 radical (unpaired) electrons. The Bertz CT molecular complexity index is 929. The second-order valence-electron chi connectivity index (χ2n) is 11.8. The summed E-state index contributed by atoms with van der Waals surface area (Å²) in [6.07, 6.45) is 2.54. The van der Waals surface area contributed by atoms with Crippen LogP contribution >= 0.6 is 0 Å². The molecule has 0 bridgehead atoms. The van der Waals surface area contributed by atoms with Gasteiger partial charge < -0.3 is 0 Å². The average Bonchev–Trinajstić information content (AvgIpc) is 2.78. The van der Waals surface area contributed by atoms with Crippen molar-refractivity contribution >= 4 is 0 Å². The van der Waals surface area contributed by atoms with Gasteiger partial charge in [-0.25, -0.2) is 0 Å². The van der Waals surface area contributed by atoms with E-state index in [4.69, 9.17) is 0 Å². The molecule has 0 unspecified atom stereocenters. The van der Waals surface area contributed by atoms with Crippen molar-refractivity contribution in [2.75, 3.05) is 0 Å². The topological polar surface area (TPSA) is 0 Å². The summed E-state index contributed by atoms with van der Waals surface area (Å²) in [5.74, 6) is 0. The van der Waals surface area contributed by atoms with Crippen LogP contribution in [0.1, 0.15) is 103 Å². The third kappa shape index (κ3) is 2.55. The monoisotopic (exact) mass is 360 g/mol. The minimum atomic E-state index is 0.0681. The van der Waals surface area contributed by atoms with Crippen LogP contribution in [0.4, 0.5) is 0 Å². The highest BCUT2D eigenvalue weighted by Gasteiger charge is 2.43. The van der Waals surface area contributed by atoms with Crippen LogP contribution in [-0.2, 0) is 21.7 Å². The van der Waals surface area contributed by atoms with Gasteiger partial charge >= 0.3 is 0 Å². The first-order valence-corrected chi connectivity index (χ1v) is 10.6. The van der Waals surface area contributed by atoms with Gasteiger partial charge in [-0.05, 0) is 74.1 Å². The van der Waals surface area contributed by atoms with Gasteiger partial charge in [-0.1, -0.05) is 86.6 Å². The quantitative estimate of drug-likeness (QED) is 0.453. The molecule has 144 valence electrons. The summed E-state index contributed by atoms with van der Waals surface area (Å²) in [5, 5.41) is 0. The smallest absolute Gasteiger partial charge is 0.0159 e. The lowest BCUT2D eigenvalue weighted by Crippen LogP contribution is -2.34. The fourth-order valence-electron chi connectivity index (χ4n) is 5.47. The van der Waals surface area contributed by atoms with Crippen LogP contribution in [0.5, 0.6) is 0 Å². The third-order valence-corrected chi connectivity index (χ3v) is 7.48. The zero-order valence-electron chi connectivity index (χ0n) is 18.8. The average molecular weight is 361 g/mol. The molecule has 0 aliphatic heterocycles. The fraction of sp³-hybridized carbons (Fsp3) is 0.556. The van der Waals surface area contributed by atoms with Crippen molar-refractivity contribution in [1.29, 1.82) is 0 Å². The van der Waals surface area contributed by atoms with Gasteiger partial charge in [0.05, 0.1) is 0 Å². The number of hydrogen-bond acceptors (Lipinski definition) is 0. The molecule has 2 aliphatic carbocycles. The molecule has 2 aromatic rings. The maximum absolute atomic E-state index is 2.58. The molecule has 27 heavy (non-hydrogen) atoms. The van der Waals surface area contributed by atoms with Gasteiger partial charge in [0.2, 0.25) is 0 Å². The Morgan fingerprint density at radius 1 is 0.704 bits per heavy atom. The molecule has 0 nitrogen and oxygen atoms in total. The van der Waals surface area contributed by atoms with E-state index in [0.717, 1.165) is 0 Å². The highest BCUT2D eigenvalue weighted by atomic mass is 14.5. The van der Waals surface area contributed by atoms with Crippen molar-refractivity contribution in [3.63, 3.8) is 0 Å². The molecule has 2 aliphatic rings. The highest BCUT2D eigenvalue weighted by Crippen LogP contribution is 2.56. The summed E-state index contributed by atoms with van der Waals surface area (Å²) in [5.41, 5.74) is 11.4. The summed E-state index contributed by atoms with van der Waals surface area (Å²) in [6.45, 7) is 21.6. The molecule has 0 N–H and O–H groups in total. The van der Waals surface area contributed by atoms with Crippen LogP contribution in [0.25, 0.3) is 11.1 Å². The molecular weight excluding hydrogens is 324 g/mol. The van der Waals surface area contributed by atoms with Crippen molar-refractivity contribution in [2.24, 2.45) is 0 Å². The zero-order chi connectivity index (χ0) is 20.0. The Hall–Kier alpha value is -1.56. The van der Waals surface area contributed by atoms with Gasteiger partial charge in [-0.2, -0.15) is 0 Å². The Morgan fingerprint density at radius 2 is 1.26 bits per heavy atom. The lowest BCUT2D eigenvalue weighted by atomic mass is 9.62. The van der Waals surface area contributed by atoms with Crippen molar-refractivity contribution in [3.8, 4) is 11.1 Å². The van der Waals surface area contributed by atoms with Gasteiger partial charge in [0.25, 0.3) is 0 Å². The van der Waals surface area contributed by atoms with Crippen LogP contribution in [0.2, 0.25) is 0 Å². The summed E-state index contributed by atoms with van der Waals surface area (Å²) < 4.78 is 0. The molecule has 0 fully saturated rings. The summed E-state index contributed by atoms with van der Waals surface area (Å²) in [4.78, 5) is 0. The van der Waals surface area contributed by atoms with Crippen molar-refractivity contribution in [1.82, 2.24) is 0 Å². The first-order valence-electron chi connectivity index (χ1n) is 10.6. The molecule has 0 spiro atoms. The second kappa shape index (κ2) is 5.28. The van der Waals surface area contributed by atoms with Gasteiger partial charge in [0.15, 0.2) is 0 Å². The molecule has 0 saturated carbocycles. The third-order valence-electron chi connectivity index (χ3n) is 7.48. The van der Waals surface area contributed by atoms with E-state index in [9.17, 15) is 0 Å². The molecule has 0 saturated heterocycles. The number of benzene rings is 2. The van der Waals surface area contributed by atoms with E-state index in [2.05, 4.69) is 92.6 Å². The Balaban J connectivity index is 2.10. The summed E-state index contributed by atoms with van der Waals surface area (Å²) >= 11 is 0. The predicted molar refractivity (Wildman–Crippen MR) is 118 cm³/mol. The maximum atomic E-state index is 2.58. The Morgan fingerprint density at radius 3 is 1.81 bits per heavy atom. The number of fused-ring (bicyclic) bond motifs is 4. The van der Waals surface area contributed by atoms with Crippen molar-refractivity contribution in [3.05, 3.63) is 58.1 Å². The highest BCUT2D eigenvalue weighted by molar-refractivity contribution is 5.85. The standard InChI is InChI=1S/C27H36/c1-24(2,3)18-11-10-12-19-23(18)17-15-21-22(16-20(17)27(19,8)9)26(6,7)14-13-25(21,4)5/h10-12,15-16H,13-14H2,1-9H3. The molecule has 0 atom stereocenters. The van der Waals surface area contributed by atoms with Crippen LogP contribution in [-0.4, -0.2) is 0 Å². The Labute approximate surface area is 166 Å². The normalized spacial score (nSPS) is 21.4. The lowest BCUT2D eigenvalue weighted by molar-refractivity contribution is 0.331. The van der Waals surface area contributed by atoms with E-state index in [1.54, 1.807) is 11.1 Å². The predicted octanol–water partition coefficient (Wildman–Crippen LogP) is 7.64. The van der Waals surface area contributed by atoms with Gasteiger partial charge in [-0.3, -0.25) is 0 Å². The molecule has 4 rings (SSSR count). The molecular formula is C27H36. The molecule has 2 aromatic carbocycles. The first kappa shape index (κ1) is 18.8. The lowest BCUT2D eigenvalue weighted by Gasteiger charge is -2.42. The number of hydrogen-bond donors (Lipinski definition) is 0. The minimum absolute atomic E-state index is 0.0681. The fourth-order valence-corrected chi connectivity index (χ4v) is 5.47. The summed E-state index contributed by atoms with van der Waals surface area (Å²) in [6, 6.07) is 12.1. The van der Waals surface area contributed by atoms with Gasteiger partial charge in [-0.15, -0.1) is 0 Å². The second-order valence-corrected chi connectivity index (χ2v) is 11.8. The SMILES string of the molecule is CC(C)(C)c1cccc2c1-c1cc3c(cc1C2(C)C)C(C)(C)CCC3(C)C. The van der Waals surface area contributed by atoms with Gasteiger partial charge in [0, 0.05) is 5.41 Å². The molecule has 0 amide bonds. The molecule has 0 heteroatoms. The van der Waals surface area contributed by atoms with Crippen molar-refractivity contribution < 1.29 is 0 Å². The minimum Gasteiger partial charge on any atom is -0.0616 e. The maximum Gasteiger partial charge on any atom is 0.0159 e. The van der Waals surface area contributed by atoms with E-state index in [1.807, 2.05) is 0 Å². The van der Waals surface area contributed by atoms with E-state index in [1.165, 1.54) is 40.7 Å². The summed E-state index contributed by atoms with van der Waals surface area (Å²) in [7, 11) is 0. The van der Waals surface area contributed by atoms with Crippen LogP contribution < -0.4 is 0 Å².